The van der Waals surface area contributed by atoms with Crippen molar-refractivity contribution >= 4 is 13.7 Å². The second kappa shape index (κ2) is 44.2. The van der Waals surface area contributed by atoms with Crippen molar-refractivity contribution in [2.75, 3.05) is 40.9 Å². The molecule has 0 heterocycles. The number of carbonyl (C=O) groups excluding carboxylic acids is 1. The van der Waals surface area contributed by atoms with Gasteiger partial charge in [-0.15, -0.1) is 0 Å². The maximum Gasteiger partial charge on any atom is 0.472 e. The molecule has 61 heavy (non-hydrogen) atoms. The highest BCUT2D eigenvalue weighted by molar-refractivity contribution is 7.47. The number of amides is 1. The number of aliphatic hydroxyl groups excluding tert-OH is 1. The molecule has 0 fully saturated rings. The van der Waals surface area contributed by atoms with Crippen LogP contribution >= 0.6 is 7.82 Å². The fourth-order valence-corrected chi connectivity index (χ4v) is 8.50. The standard InChI is InChI=1S/C52H103N2O6P/c1-6-8-10-12-14-16-18-20-21-22-23-24-25-26-27-28-29-30-31-32-33-34-35-37-39-41-43-45-51(55)50(49-60-61(57,58)59-48-47-54(3,4)5)53-52(56)46-44-42-40-38-36-19-17-15-13-11-9-7-2/h35,37,43,45,50-51,55H,6-34,36,38-42,44,46-49H2,1-5H3,(H-,53,56,57,58)/p+1/b37-35+,45-43+. The Morgan fingerprint density at radius 2 is 0.902 bits per heavy atom. The number of likely N-dealkylation sites (N-methyl/N-ethyl adjacent to an activating group) is 1. The Hall–Kier alpha value is -1.02. The van der Waals surface area contributed by atoms with E-state index in [9.17, 15) is 19.4 Å². The van der Waals surface area contributed by atoms with Crippen molar-refractivity contribution in [1.82, 2.24) is 5.32 Å². The predicted molar refractivity (Wildman–Crippen MR) is 263 cm³/mol. The van der Waals surface area contributed by atoms with Crippen LogP contribution in [0.15, 0.2) is 24.3 Å². The molecule has 0 rings (SSSR count). The molecule has 3 atom stereocenters. The summed E-state index contributed by atoms with van der Waals surface area (Å²) >= 11 is 0. The summed E-state index contributed by atoms with van der Waals surface area (Å²) in [6, 6.07) is -0.858. The number of phosphoric acid groups is 1. The summed E-state index contributed by atoms with van der Waals surface area (Å²) in [5, 5.41) is 13.8. The van der Waals surface area contributed by atoms with Gasteiger partial charge in [0, 0.05) is 6.42 Å². The largest absolute Gasteiger partial charge is 0.472 e. The maximum absolute atomic E-state index is 12.9. The summed E-state index contributed by atoms with van der Waals surface area (Å²) in [4.78, 5) is 23.1. The molecule has 3 N–H and O–H groups in total. The second-order valence-corrected chi connectivity index (χ2v) is 20.7. The monoisotopic (exact) mass is 884 g/mol. The molecule has 0 aliphatic rings. The number of allylic oxidation sites excluding steroid dienone is 3. The molecular formula is C52H104N2O6P+. The van der Waals surface area contributed by atoms with Gasteiger partial charge < -0.3 is 19.8 Å². The second-order valence-electron chi connectivity index (χ2n) is 19.3. The van der Waals surface area contributed by atoms with Crippen LogP contribution in [0.1, 0.15) is 251 Å². The first-order chi connectivity index (χ1) is 29.5. The molecule has 0 aromatic rings. The van der Waals surface area contributed by atoms with Crippen molar-refractivity contribution < 1.29 is 32.9 Å². The highest BCUT2D eigenvalue weighted by atomic mass is 31.2. The lowest BCUT2D eigenvalue weighted by Crippen LogP contribution is -2.45. The van der Waals surface area contributed by atoms with Crippen LogP contribution in [0.2, 0.25) is 0 Å². The summed E-state index contributed by atoms with van der Waals surface area (Å²) in [6.45, 7) is 4.81. The third-order valence-corrected chi connectivity index (χ3v) is 12.9. The first kappa shape index (κ1) is 60.0. The average Bonchev–Trinajstić information content (AvgIpc) is 3.21. The molecule has 3 unspecified atom stereocenters. The quantitative estimate of drug-likeness (QED) is 0.0243. The van der Waals surface area contributed by atoms with Crippen molar-refractivity contribution in [2.24, 2.45) is 0 Å². The SMILES string of the molecule is CCCCCCCCCCCCCCCCCCCCCCC/C=C/CC/C=C/C(O)C(COP(=O)(O)OCC[N+](C)(C)C)NC(=O)CCCCCCCCCCCCCC. The minimum atomic E-state index is -4.34. The molecular weight excluding hydrogens is 780 g/mol. The topological polar surface area (TPSA) is 105 Å². The average molecular weight is 884 g/mol. The number of rotatable bonds is 48. The number of hydrogen-bond donors (Lipinski definition) is 3. The Morgan fingerprint density at radius 3 is 1.31 bits per heavy atom. The number of nitrogens with one attached hydrogen (secondary N) is 1. The zero-order valence-corrected chi connectivity index (χ0v) is 42.1. The lowest BCUT2D eigenvalue weighted by atomic mass is 10.0. The summed E-state index contributed by atoms with van der Waals surface area (Å²) < 4.78 is 23.6. The van der Waals surface area contributed by atoms with E-state index in [1.54, 1.807) is 6.08 Å². The highest BCUT2D eigenvalue weighted by Crippen LogP contribution is 2.43. The number of nitrogens with zero attached hydrogens (tertiary/aromatic N) is 1. The van der Waals surface area contributed by atoms with E-state index in [1.807, 2.05) is 27.2 Å². The molecule has 0 aromatic heterocycles. The fourth-order valence-electron chi connectivity index (χ4n) is 7.77. The molecule has 0 spiro atoms. The lowest BCUT2D eigenvalue weighted by molar-refractivity contribution is -0.870. The van der Waals surface area contributed by atoms with Crippen LogP contribution in [0, 0.1) is 0 Å². The summed E-state index contributed by atoms with van der Waals surface area (Å²) in [6.07, 6.45) is 54.2. The maximum atomic E-state index is 12.9. The van der Waals surface area contributed by atoms with Crippen LogP contribution in [-0.4, -0.2) is 73.4 Å². The van der Waals surface area contributed by atoms with E-state index in [0.717, 1.165) is 38.5 Å². The van der Waals surface area contributed by atoms with Gasteiger partial charge in [0.1, 0.15) is 13.2 Å². The van der Waals surface area contributed by atoms with Gasteiger partial charge in [0.05, 0.1) is 39.9 Å². The lowest BCUT2D eigenvalue weighted by Gasteiger charge is -2.25. The van der Waals surface area contributed by atoms with Crippen LogP contribution in [0.5, 0.6) is 0 Å². The molecule has 1 amide bonds. The number of hydrogen-bond acceptors (Lipinski definition) is 5. The summed E-state index contributed by atoms with van der Waals surface area (Å²) in [7, 11) is 1.56. The van der Waals surface area contributed by atoms with Gasteiger partial charge in [0.2, 0.25) is 5.91 Å². The predicted octanol–water partition coefficient (Wildman–Crippen LogP) is 15.3. The van der Waals surface area contributed by atoms with Crippen LogP contribution < -0.4 is 5.32 Å². The molecule has 8 nitrogen and oxygen atoms in total. The van der Waals surface area contributed by atoms with Gasteiger partial charge in [-0.05, 0) is 32.1 Å². The van der Waals surface area contributed by atoms with E-state index in [4.69, 9.17) is 9.05 Å². The smallest absolute Gasteiger partial charge is 0.387 e. The number of aliphatic hydroxyl groups is 1. The van der Waals surface area contributed by atoms with E-state index in [0.29, 0.717) is 17.4 Å². The van der Waals surface area contributed by atoms with Crippen molar-refractivity contribution in [3.05, 3.63) is 24.3 Å². The Balaban J connectivity index is 4.21. The molecule has 0 aromatic carbocycles. The zero-order valence-electron chi connectivity index (χ0n) is 41.2. The molecule has 0 saturated carbocycles. The third-order valence-electron chi connectivity index (χ3n) is 11.9. The molecule has 0 aliphatic carbocycles. The Kier molecular flexibility index (Phi) is 43.5. The van der Waals surface area contributed by atoms with Gasteiger partial charge in [-0.25, -0.2) is 4.57 Å². The highest BCUT2D eigenvalue weighted by Gasteiger charge is 2.27. The number of quaternary nitrogens is 1. The molecule has 0 radical (unpaired) electrons. The first-order valence-electron chi connectivity index (χ1n) is 26.2. The van der Waals surface area contributed by atoms with E-state index < -0.39 is 20.0 Å². The Labute approximate surface area is 379 Å². The van der Waals surface area contributed by atoms with Gasteiger partial charge in [0.15, 0.2) is 0 Å². The van der Waals surface area contributed by atoms with Crippen LogP contribution in [-0.2, 0) is 18.4 Å². The van der Waals surface area contributed by atoms with Gasteiger partial charge in [-0.2, -0.15) is 0 Å². The van der Waals surface area contributed by atoms with Crippen molar-refractivity contribution in [3.63, 3.8) is 0 Å². The van der Waals surface area contributed by atoms with Crippen LogP contribution in [0.3, 0.4) is 0 Å². The molecule has 362 valence electrons. The minimum Gasteiger partial charge on any atom is -0.387 e. The molecule has 0 saturated heterocycles. The fraction of sp³-hybridized carbons (Fsp3) is 0.904. The van der Waals surface area contributed by atoms with Gasteiger partial charge in [-0.3, -0.25) is 13.8 Å². The Morgan fingerprint density at radius 1 is 0.541 bits per heavy atom. The molecule has 9 heteroatoms. The zero-order chi connectivity index (χ0) is 45.0. The van der Waals surface area contributed by atoms with E-state index in [1.165, 1.54) is 193 Å². The van der Waals surface area contributed by atoms with E-state index in [2.05, 4.69) is 31.3 Å². The third kappa shape index (κ3) is 46.8. The normalized spacial score (nSPS) is 14.3. The van der Waals surface area contributed by atoms with Crippen LogP contribution in [0.4, 0.5) is 0 Å². The van der Waals surface area contributed by atoms with Gasteiger partial charge in [0.25, 0.3) is 0 Å². The van der Waals surface area contributed by atoms with Crippen molar-refractivity contribution in [2.45, 2.75) is 264 Å². The Bertz CT molecular complexity index is 1050. The summed E-state index contributed by atoms with van der Waals surface area (Å²) in [5.74, 6) is -0.185. The van der Waals surface area contributed by atoms with Gasteiger partial charge in [-0.1, -0.05) is 237 Å². The van der Waals surface area contributed by atoms with E-state index >= 15 is 0 Å². The van der Waals surface area contributed by atoms with Crippen LogP contribution in [0.25, 0.3) is 0 Å². The van der Waals surface area contributed by atoms with E-state index in [-0.39, 0.29) is 19.1 Å². The first-order valence-corrected chi connectivity index (χ1v) is 27.7. The molecule has 0 bridgehead atoms. The van der Waals surface area contributed by atoms with Crippen molar-refractivity contribution in [3.8, 4) is 0 Å². The number of carbonyl (C=O) groups is 1. The summed E-state index contributed by atoms with van der Waals surface area (Å²) in [5.41, 5.74) is 0. The number of unbranched alkanes of at least 4 members (excludes halogenated alkanes) is 33. The van der Waals surface area contributed by atoms with Crippen molar-refractivity contribution in [1.29, 1.82) is 0 Å². The minimum absolute atomic E-state index is 0.0584. The molecule has 0 aliphatic heterocycles. The number of phosphoric ester groups is 1. The van der Waals surface area contributed by atoms with Gasteiger partial charge >= 0.3 is 7.82 Å².